The van der Waals surface area contributed by atoms with Gasteiger partial charge < -0.3 is 9.72 Å². The second-order valence-electron chi connectivity index (χ2n) is 5.01. The van der Waals surface area contributed by atoms with Gasteiger partial charge in [-0.3, -0.25) is 9.78 Å². The maximum absolute atomic E-state index is 12.0. The van der Waals surface area contributed by atoms with E-state index in [2.05, 4.69) is 15.3 Å². The molecule has 5 heteroatoms. The number of rotatable bonds is 4. The number of fused-ring (bicyclic) bond motifs is 1. The monoisotopic (exact) mass is 280 g/mol. The van der Waals surface area contributed by atoms with E-state index in [0.29, 0.717) is 6.54 Å². The molecule has 3 heterocycles. The Bertz CT molecular complexity index is 764. The van der Waals surface area contributed by atoms with Gasteiger partial charge in [0.25, 0.3) is 0 Å². The van der Waals surface area contributed by atoms with Crippen LogP contribution in [0, 0.1) is 6.92 Å². The Morgan fingerprint density at radius 1 is 1.29 bits per heavy atom. The third kappa shape index (κ3) is 3.25. The normalized spacial score (nSPS) is 10.7. The average molecular weight is 280 g/mol. The van der Waals surface area contributed by atoms with Crippen LogP contribution in [0.5, 0.6) is 0 Å². The van der Waals surface area contributed by atoms with Gasteiger partial charge in [0.1, 0.15) is 5.65 Å². The van der Waals surface area contributed by atoms with Crippen LogP contribution in [0.4, 0.5) is 0 Å². The van der Waals surface area contributed by atoms with Gasteiger partial charge in [-0.15, -0.1) is 0 Å². The highest BCUT2D eigenvalue weighted by molar-refractivity contribution is 5.78. The van der Waals surface area contributed by atoms with Crippen molar-refractivity contribution in [3.05, 3.63) is 65.9 Å². The van der Waals surface area contributed by atoms with Crippen molar-refractivity contribution in [3.63, 3.8) is 0 Å². The fourth-order valence-corrected chi connectivity index (χ4v) is 2.15. The number of pyridine rings is 2. The summed E-state index contributed by atoms with van der Waals surface area (Å²) in [6, 6.07) is 7.78. The molecule has 5 nitrogen and oxygen atoms in total. The van der Waals surface area contributed by atoms with Crippen LogP contribution in [0.3, 0.4) is 0 Å². The molecule has 0 aromatic carbocycles. The van der Waals surface area contributed by atoms with E-state index in [9.17, 15) is 4.79 Å². The van der Waals surface area contributed by atoms with E-state index < -0.39 is 0 Å². The van der Waals surface area contributed by atoms with Gasteiger partial charge in [0.05, 0.1) is 12.1 Å². The van der Waals surface area contributed by atoms with E-state index in [1.807, 2.05) is 48.0 Å². The molecule has 3 aromatic heterocycles. The Kier molecular flexibility index (Phi) is 3.64. The number of nitrogens with zero attached hydrogens (tertiary/aromatic N) is 3. The average Bonchev–Trinajstić information content (AvgIpc) is 2.87. The molecule has 0 spiro atoms. The first-order valence-electron chi connectivity index (χ1n) is 6.80. The molecule has 0 fully saturated rings. The number of aromatic nitrogens is 3. The minimum atomic E-state index is -0.0352. The van der Waals surface area contributed by atoms with Gasteiger partial charge in [-0.05, 0) is 42.3 Å². The van der Waals surface area contributed by atoms with E-state index >= 15 is 0 Å². The Balaban J connectivity index is 1.63. The summed E-state index contributed by atoms with van der Waals surface area (Å²) in [7, 11) is 0. The van der Waals surface area contributed by atoms with Crippen LogP contribution in [-0.4, -0.2) is 20.3 Å². The molecule has 1 N–H and O–H groups in total. The molecule has 3 rings (SSSR count). The molecular formula is C16H16N4O. The zero-order valence-corrected chi connectivity index (χ0v) is 11.8. The topological polar surface area (TPSA) is 59.3 Å². The van der Waals surface area contributed by atoms with E-state index in [1.165, 1.54) is 0 Å². The molecule has 0 unspecified atom stereocenters. The van der Waals surface area contributed by atoms with Crippen molar-refractivity contribution < 1.29 is 4.79 Å². The zero-order chi connectivity index (χ0) is 14.7. The van der Waals surface area contributed by atoms with E-state index in [1.54, 1.807) is 12.4 Å². The first-order chi connectivity index (χ1) is 10.2. The number of hydrogen-bond donors (Lipinski definition) is 1. The third-order valence-electron chi connectivity index (χ3n) is 3.25. The van der Waals surface area contributed by atoms with Crippen molar-refractivity contribution in [2.75, 3.05) is 0 Å². The molecule has 1 amide bonds. The summed E-state index contributed by atoms with van der Waals surface area (Å²) in [5.74, 6) is -0.0352. The highest BCUT2D eigenvalue weighted by atomic mass is 16.1. The number of amides is 1. The predicted molar refractivity (Wildman–Crippen MR) is 79.7 cm³/mol. The van der Waals surface area contributed by atoms with Crippen LogP contribution in [0.2, 0.25) is 0 Å². The van der Waals surface area contributed by atoms with Gasteiger partial charge in [-0.25, -0.2) is 4.98 Å². The summed E-state index contributed by atoms with van der Waals surface area (Å²) in [5.41, 5.74) is 3.82. The molecule has 21 heavy (non-hydrogen) atoms. The predicted octanol–water partition coefficient (Wildman–Crippen LogP) is 1.90. The summed E-state index contributed by atoms with van der Waals surface area (Å²) in [5, 5.41) is 2.89. The molecule has 0 radical (unpaired) electrons. The lowest BCUT2D eigenvalue weighted by atomic mass is 10.2. The van der Waals surface area contributed by atoms with Crippen LogP contribution in [0.15, 0.2) is 49.1 Å². The van der Waals surface area contributed by atoms with Crippen molar-refractivity contribution >= 4 is 11.6 Å². The van der Waals surface area contributed by atoms with Crippen molar-refractivity contribution in [3.8, 4) is 0 Å². The second-order valence-corrected chi connectivity index (χ2v) is 5.01. The lowest BCUT2D eigenvalue weighted by Gasteiger charge is -2.03. The highest BCUT2D eigenvalue weighted by Gasteiger charge is 2.07. The van der Waals surface area contributed by atoms with Gasteiger partial charge in [-0.1, -0.05) is 0 Å². The lowest BCUT2D eigenvalue weighted by Crippen LogP contribution is -2.24. The molecular weight excluding hydrogens is 264 g/mol. The lowest BCUT2D eigenvalue weighted by molar-refractivity contribution is -0.120. The SMILES string of the molecule is Cc1ccn2cc(CC(=O)NCc3ccncc3)nc2c1. The van der Waals surface area contributed by atoms with Crippen LogP contribution in [0.25, 0.3) is 5.65 Å². The van der Waals surface area contributed by atoms with Gasteiger partial charge >= 0.3 is 0 Å². The number of carbonyl (C=O) groups excluding carboxylic acids is 1. The van der Waals surface area contributed by atoms with Gasteiger partial charge in [-0.2, -0.15) is 0 Å². The number of hydrogen-bond acceptors (Lipinski definition) is 3. The number of carbonyl (C=O) groups is 1. The maximum atomic E-state index is 12.0. The van der Waals surface area contributed by atoms with Crippen molar-refractivity contribution in [2.45, 2.75) is 19.9 Å². The van der Waals surface area contributed by atoms with Crippen molar-refractivity contribution in [2.24, 2.45) is 0 Å². The fourth-order valence-electron chi connectivity index (χ4n) is 2.15. The molecule has 0 saturated carbocycles. The van der Waals surface area contributed by atoms with Crippen LogP contribution in [0.1, 0.15) is 16.8 Å². The largest absolute Gasteiger partial charge is 0.352 e. The molecule has 0 aliphatic carbocycles. The molecule has 0 aliphatic rings. The Hall–Kier alpha value is -2.69. The summed E-state index contributed by atoms with van der Waals surface area (Å²) in [6.45, 7) is 2.53. The van der Waals surface area contributed by atoms with E-state index in [0.717, 1.165) is 22.5 Å². The maximum Gasteiger partial charge on any atom is 0.226 e. The second kappa shape index (κ2) is 5.75. The molecule has 0 atom stereocenters. The minimum Gasteiger partial charge on any atom is -0.352 e. The molecule has 106 valence electrons. The van der Waals surface area contributed by atoms with Crippen LogP contribution in [-0.2, 0) is 17.8 Å². The fraction of sp³-hybridized carbons (Fsp3) is 0.188. The number of aryl methyl sites for hydroxylation is 1. The zero-order valence-electron chi connectivity index (χ0n) is 11.8. The van der Waals surface area contributed by atoms with Crippen LogP contribution >= 0.6 is 0 Å². The number of nitrogens with one attached hydrogen (secondary N) is 1. The Labute approximate surface area is 122 Å². The molecule has 0 aliphatic heterocycles. The molecule has 3 aromatic rings. The summed E-state index contributed by atoms with van der Waals surface area (Å²) < 4.78 is 1.93. The van der Waals surface area contributed by atoms with Crippen molar-refractivity contribution in [1.29, 1.82) is 0 Å². The first kappa shape index (κ1) is 13.3. The summed E-state index contributed by atoms with van der Waals surface area (Å²) in [4.78, 5) is 20.4. The van der Waals surface area contributed by atoms with Gasteiger partial charge in [0.2, 0.25) is 5.91 Å². The highest BCUT2D eigenvalue weighted by Crippen LogP contribution is 2.08. The van der Waals surface area contributed by atoms with Crippen molar-refractivity contribution in [1.82, 2.24) is 19.7 Å². The van der Waals surface area contributed by atoms with Gasteiger partial charge in [0, 0.05) is 31.3 Å². The van der Waals surface area contributed by atoms with E-state index in [4.69, 9.17) is 0 Å². The standard InChI is InChI=1S/C16H16N4O/c1-12-4-7-20-11-14(19-15(20)8-12)9-16(21)18-10-13-2-5-17-6-3-13/h2-8,11H,9-10H2,1H3,(H,18,21). The summed E-state index contributed by atoms with van der Waals surface area (Å²) >= 11 is 0. The first-order valence-corrected chi connectivity index (χ1v) is 6.80. The van der Waals surface area contributed by atoms with Gasteiger partial charge in [0.15, 0.2) is 0 Å². The molecule has 0 bridgehead atoms. The third-order valence-corrected chi connectivity index (χ3v) is 3.25. The Morgan fingerprint density at radius 2 is 2.10 bits per heavy atom. The van der Waals surface area contributed by atoms with E-state index in [-0.39, 0.29) is 12.3 Å². The summed E-state index contributed by atoms with van der Waals surface area (Å²) in [6.07, 6.45) is 7.56. The number of imidazole rings is 1. The van der Waals surface area contributed by atoms with Crippen LogP contribution < -0.4 is 5.32 Å². The quantitative estimate of drug-likeness (QED) is 0.794. The Morgan fingerprint density at radius 3 is 2.90 bits per heavy atom. The minimum absolute atomic E-state index is 0.0352. The smallest absolute Gasteiger partial charge is 0.226 e. The molecule has 0 saturated heterocycles.